The molecule has 4 amide bonds. The van der Waals surface area contributed by atoms with Crippen LogP contribution in [0.15, 0.2) is 18.2 Å². The van der Waals surface area contributed by atoms with Crippen molar-refractivity contribution >= 4 is 41.1 Å². The fourth-order valence-corrected chi connectivity index (χ4v) is 3.83. The number of nitro benzene ring substituents is 1. The Morgan fingerprint density at radius 2 is 1.88 bits per heavy atom. The number of esters is 1. The van der Waals surface area contributed by atoms with Crippen molar-refractivity contribution in [3.05, 3.63) is 38.9 Å². The summed E-state index contributed by atoms with van der Waals surface area (Å²) in [5.74, 6) is -2.55. The summed E-state index contributed by atoms with van der Waals surface area (Å²) in [7, 11) is 0. The molecule has 2 rings (SSSR count). The maximum Gasteiger partial charge on any atom is 0.329 e. The van der Waals surface area contributed by atoms with Crippen LogP contribution >= 0.6 is 11.6 Å². The zero-order valence-corrected chi connectivity index (χ0v) is 20.0. The van der Waals surface area contributed by atoms with Crippen molar-refractivity contribution in [3.8, 4) is 0 Å². The van der Waals surface area contributed by atoms with Crippen molar-refractivity contribution in [1.29, 1.82) is 0 Å². The van der Waals surface area contributed by atoms with Gasteiger partial charge in [0.05, 0.1) is 4.92 Å². The van der Waals surface area contributed by atoms with E-state index in [1.807, 2.05) is 6.92 Å². The molecule has 0 aliphatic heterocycles. The minimum atomic E-state index is -1.13. The molecule has 0 spiro atoms. The van der Waals surface area contributed by atoms with Gasteiger partial charge in [-0.15, -0.1) is 0 Å². The molecule has 3 atom stereocenters. The first kappa shape index (κ1) is 27.0. The SMILES string of the molecule is CC1CCCCC1NC(=O)NC(=O)COC(=O)[C@@H](NC(=O)c1ccc(Cl)c([N+](=O)[O-])c1)C(C)C. The number of carbonyl (C=O) groups is 4. The summed E-state index contributed by atoms with van der Waals surface area (Å²) >= 11 is 5.76. The number of rotatable bonds is 8. The summed E-state index contributed by atoms with van der Waals surface area (Å²) in [4.78, 5) is 59.4. The van der Waals surface area contributed by atoms with Crippen molar-refractivity contribution in [3.63, 3.8) is 0 Å². The highest BCUT2D eigenvalue weighted by Crippen LogP contribution is 2.25. The van der Waals surface area contributed by atoms with Gasteiger partial charge in [-0.05, 0) is 36.8 Å². The van der Waals surface area contributed by atoms with E-state index >= 15 is 0 Å². The number of nitrogens with zero attached hydrogens (tertiary/aromatic N) is 1. The molecule has 3 N–H and O–H groups in total. The van der Waals surface area contributed by atoms with Crippen LogP contribution < -0.4 is 16.0 Å². The van der Waals surface area contributed by atoms with Crippen LogP contribution in [0.1, 0.15) is 56.8 Å². The van der Waals surface area contributed by atoms with Gasteiger partial charge in [-0.25, -0.2) is 9.59 Å². The Bertz CT molecular complexity index is 953. The molecular weight excluding hydrogens is 468 g/mol. The first-order valence-corrected chi connectivity index (χ1v) is 11.4. The topological polar surface area (TPSA) is 157 Å². The minimum Gasteiger partial charge on any atom is -0.454 e. The maximum absolute atomic E-state index is 12.5. The fourth-order valence-electron chi connectivity index (χ4n) is 3.64. The lowest BCUT2D eigenvalue weighted by molar-refractivity contribution is -0.384. The standard InChI is InChI=1S/C22H29ClN4O7/c1-12(2)19(26-20(29)14-8-9-15(23)17(10-14)27(32)33)21(30)34-11-18(28)25-22(31)24-16-7-5-4-6-13(16)3/h8-10,12-13,16,19H,4-7,11H2,1-3H3,(H,26,29)(H2,24,25,28,31)/t13?,16?,19-/m0/s1. The van der Waals surface area contributed by atoms with E-state index in [-0.39, 0.29) is 16.6 Å². The molecule has 0 heterocycles. The minimum absolute atomic E-state index is 0.0201. The Balaban J connectivity index is 1.90. The van der Waals surface area contributed by atoms with Gasteiger partial charge in [-0.1, -0.05) is 45.2 Å². The monoisotopic (exact) mass is 496 g/mol. The summed E-state index contributed by atoms with van der Waals surface area (Å²) in [6.07, 6.45) is 3.96. The van der Waals surface area contributed by atoms with Crippen LogP contribution in [0.25, 0.3) is 0 Å². The van der Waals surface area contributed by atoms with Crippen LogP contribution in [0.3, 0.4) is 0 Å². The van der Waals surface area contributed by atoms with Crippen LogP contribution in [0.5, 0.6) is 0 Å². The highest BCUT2D eigenvalue weighted by Gasteiger charge is 2.28. The van der Waals surface area contributed by atoms with Crippen molar-refractivity contribution in [2.75, 3.05) is 6.61 Å². The van der Waals surface area contributed by atoms with E-state index in [4.69, 9.17) is 16.3 Å². The predicted octanol–water partition coefficient (Wildman–Crippen LogP) is 2.95. The molecule has 186 valence electrons. The second-order valence-corrected chi connectivity index (χ2v) is 9.02. The van der Waals surface area contributed by atoms with Crippen LogP contribution in [-0.4, -0.2) is 47.4 Å². The predicted molar refractivity (Wildman–Crippen MR) is 123 cm³/mol. The van der Waals surface area contributed by atoms with E-state index in [1.165, 1.54) is 12.1 Å². The average Bonchev–Trinajstić information content (AvgIpc) is 2.77. The molecule has 1 aliphatic carbocycles. The highest BCUT2D eigenvalue weighted by atomic mass is 35.5. The highest BCUT2D eigenvalue weighted by molar-refractivity contribution is 6.32. The number of benzene rings is 1. The zero-order valence-electron chi connectivity index (χ0n) is 19.3. The Hall–Kier alpha value is -3.21. The number of hydrogen-bond donors (Lipinski definition) is 3. The van der Waals surface area contributed by atoms with Crippen molar-refractivity contribution < 1.29 is 28.8 Å². The molecule has 1 aromatic rings. The third-order valence-electron chi connectivity index (χ3n) is 5.64. The number of ether oxygens (including phenoxy) is 1. The molecule has 1 aliphatic rings. The first-order chi connectivity index (χ1) is 16.0. The number of nitrogens with one attached hydrogen (secondary N) is 3. The van der Waals surface area contributed by atoms with E-state index in [2.05, 4.69) is 16.0 Å². The third kappa shape index (κ3) is 7.68. The quantitative estimate of drug-likeness (QED) is 0.283. The average molecular weight is 497 g/mol. The van der Waals surface area contributed by atoms with Crippen molar-refractivity contribution in [2.45, 2.75) is 58.5 Å². The molecule has 34 heavy (non-hydrogen) atoms. The molecule has 1 saturated carbocycles. The van der Waals surface area contributed by atoms with Gasteiger partial charge in [0.25, 0.3) is 17.5 Å². The number of amides is 4. The molecule has 12 heteroatoms. The summed E-state index contributed by atoms with van der Waals surface area (Å²) in [5.41, 5.74) is -0.517. The van der Waals surface area contributed by atoms with E-state index < -0.39 is 53.0 Å². The van der Waals surface area contributed by atoms with Gasteiger partial charge >= 0.3 is 12.0 Å². The molecule has 0 aromatic heterocycles. The Kier molecular flexibility index (Phi) is 9.79. The number of nitro groups is 1. The van der Waals surface area contributed by atoms with Crippen LogP contribution in [0.4, 0.5) is 10.5 Å². The summed E-state index contributed by atoms with van der Waals surface area (Å²) < 4.78 is 4.98. The van der Waals surface area contributed by atoms with Crippen LogP contribution in [-0.2, 0) is 14.3 Å². The Labute approximate surface area is 202 Å². The summed E-state index contributed by atoms with van der Waals surface area (Å²) in [6.45, 7) is 4.62. The molecule has 1 fully saturated rings. The summed E-state index contributed by atoms with van der Waals surface area (Å²) in [5, 5.41) is 18.3. The van der Waals surface area contributed by atoms with Gasteiger partial charge in [0.2, 0.25) is 0 Å². The van der Waals surface area contributed by atoms with E-state index in [1.54, 1.807) is 13.8 Å². The zero-order chi connectivity index (χ0) is 25.4. The van der Waals surface area contributed by atoms with Gasteiger partial charge in [-0.3, -0.25) is 25.0 Å². The normalized spacial score (nSPS) is 18.5. The number of urea groups is 1. The van der Waals surface area contributed by atoms with Gasteiger partial charge in [0, 0.05) is 17.7 Å². The van der Waals surface area contributed by atoms with Gasteiger partial charge in [0.1, 0.15) is 11.1 Å². The maximum atomic E-state index is 12.5. The molecule has 0 bridgehead atoms. The number of imide groups is 1. The number of carbonyl (C=O) groups excluding carboxylic acids is 4. The van der Waals surface area contributed by atoms with E-state index in [0.717, 1.165) is 31.7 Å². The molecule has 1 aromatic carbocycles. The smallest absolute Gasteiger partial charge is 0.329 e. The van der Waals surface area contributed by atoms with E-state index in [9.17, 15) is 29.3 Å². The van der Waals surface area contributed by atoms with Crippen LogP contribution in [0, 0.1) is 22.0 Å². The number of halogens is 1. The van der Waals surface area contributed by atoms with Gasteiger partial charge in [0.15, 0.2) is 6.61 Å². The lowest BCUT2D eigenvalue weighted by Gasteiger charge is -2.29. The molecule has 0 radical (unpaired) electrons. The molecule has 0 saturated heterocycles. The van der Waals surface area contributed by atoms with Crippen LogP contribution in [0.2, 0.25) is 5.02 Å². The Morgan fingerprint density at radius 1 is 1.21 bits per heavy atom. The summed E-state index contributed by atoms with van der Waals surface area (Å²) in [6, 6.07) is 1.69. The second-order valence-electron chi connectivity index (χ2n) is 8.62. The lowest BCUT2D eigenvalue weighted by atomic mass is 9.86. The lowest BCUT2D eigenvalue weighted by Crippen LogP contribution is -2.49. The molecular formula is C22H29ClN4O7. The largest absolute Gasteiger partial charge is 0.454 e. The van der Waals surface area contributed by atoms with Crippen molar-refractivity contribution in [2.24, 2.45) is 11.8 Å². The number of hydrogen-bond acceptors (Lipinski definition) is 7. The Morgan fingerprint density at radius 3 is 2.50 bits per heavy atom. The first-order valence-electron chi connectivity index (χ1n) is 11.0. The second kappa shape index (κ2) is 12.3. The van der Waals surface area contributed by atoms with Crippen molar-refractivity contribution in [1.82, 2.24) is 16.0 Å². The van der Waals surface area contributed by atoms with Gasteiger partial charge < -0.3 is 15.4 Å². The molecule has 11 nitrogen and oxygen atoms in total. The fraction of sp³-hybridized carbons (Fsp3) is 0.545. The molecule has 2 unspecified atom stereocenters. The van der Waals surface area contributed by atoms with E-state index in [0.29, 0.717) is 5.92 Å². The third-order valence-corrected chi connectivity index (χ3v) is 5.96. The van der Waals surface area contributed by atoms with Gasteiger partial charge in [-0.2, -0.15) is 0 Å².